The first-order chi connectivity index (χ1) is 14.3. The van der Waals surface area contributed by atoms with Crippen LogP contribution in [-0.4, -0.2) is 36.7 Å². The van der Waals surface area contributed by atoms with Crippen molar-refractivity contribution in [3.05, 3.63) is 68.9 Å². The van der Waals surface area contributed by atoms with E-state index in [1.807, 2.05) is 78.0 Å². The molecule has 0 saturated heterocycles. The molecule has 0 unspecified atom stereocenters. The highest BCUT2D eigenvalue weighted by molar-refractivity contribution is 14.1. The summed E-state index contributed by atoms with van der Waals surface area (Å²) in [5.41, 5.74) is 2.52. The predicted molar refractivity (Wildman–Crippen MR) is 123 cm³/mol. The Morgan fingerprint density at radius 3 is 1.70 bits per heavy atom. The second kappa shape index (κ2) is 9.36. The van der Waals surface area contributed by atoms with Gasteiger partial charge in [-0.15, -0.1) is 0 Å². The molecule has 0 aliphatic carbocycles. The van der Waals surface area contributed by atoms with Crippen LogP contribution in [-0.2, 0) is 30.2 Å². The number of benzene rings is 2. The molecular weight excluding hydrogens is 517 g/mol. The van der Waals surface area contributed by atoms with Gasteiger partial charge in [-0.25, -0.2) is 8.42 Å². The SMILES string of the molecule is COc1ccc(CN(Cc2ccc(OC)cc2)S(=O)(=O)c2nn(C)c(C)c2I)cc1. The summed E-state index contributed by atoms with van der Waals surface area (Å²) in [6.07, 6.45) is 0. The van der Waals surface area contributed by atoms with Gasteiger partial charge in [-0.1, -0.05) is 24.3 Å². The summed E-state index contributed by atoms with van der Waals surface area (Å²) in [6.45, 7) is 2.28. The standard InChI is InChI=1S/C21H24IN3O4S/c1-15-20(22)21(23-24(15)2)30(26,27)25(13-16-5-9-18(28-3)10-6-16)14-17-7-11-19(29-4)12-8-17/h5-12H,13-14H2,1-4H3. The highest BCUT2D eigenvalue weighted by Gasteiger charge is 2.31. The van der Waals surface area contributed by atoms with E-state index in [4.69, 9.17) is 9.47 Å². The van der Waals surface area contributed by atoms with Crippen LogP contribution < -0.4 is 9.47 Å². The summed E-state index contributed by atoms with van der Waals surface area (Å²) in [6, 6.07) is 14.7. The van der Waals surface area contributed by atoms with Crippen molar-refractivity contribution in [1.29, 1.82) is 0 Å². The minimum atomic E-state index is -3.83. The third kappa shape index (κ3) is 4.79. The molecule has 3 aromatic rings. The maximum absolute atomic E-state index is 13.6. The normalized spacial score (nSPS) is 11.7. The van der Waals surface area contributed by atoms with Crippen molar-refractivity contribution < 1.29 is 17.9 Å². The minimum absolute atomic E-state index is 0.0742. The molecule has 0 N–H and O–H groups in total. The van der Waals surface area contributed by atoms with Crippen molar-refractivity contribution in [2.45, 2.75) is 25.0 Å². The lowest BCUT2D eigenvalue weighted by molar-refractivity contribution is 0.395. The molecule has 3 rings (SSSR count). The molecular formula is C21H24IN3O4S. The Morgan fingerprint density at radius 2 is 1.37 bits per heavy atom. The molecule has 0 bridgehead atoms. The predicted octanol–water partition coefficient (Wildman–Crippen LogP) is 3.74. The first kappa shape index (κ1) is 22.6. The number of aryl methyl sites for hydroxylation is 1. The lowest BCUT2D eigenvalue weighted by atomic mass is 10.2. The maximum atomic E-state index is 13.6. The minimum Gasteiger partial charge on any atom is -0.497 e. The molecule has 7 nitrogen and oxygen atoms in total. The van der Waals surface area contributed by atoms with E-state index >= 15 is 0 Å². The number of hydrogen-bond donors (Lipinski definition) is 0. The number of methoxy groups -OCH3 is 2. The van der Waals surface area contributed by atoms with E-state index in [0.717, 1.165) is 28.3 Å². The highest BCUT2D eigenvalue weighted by Crippen LogP contribution is 2.27. The van der Waals surface area contributed by atoms with E-state index in [-0.39, 0.29) is 18.1 Å². The van der Waals surface area contributed by atoms with Crippen LogP contribution in [0.3, 0.4) is 0 Å². The molecule has 0 atom stereocenters. The average molecular weight is 541 g/mol. The third-order valence-electron chi connectivity index (χ3n) is 4.85. The molecule has 1 aromatic heterocycles. The summed E-state index contributed by atoms with van der Waals surface area (Å²) in [4.78, 5) is 0. The largest absolute Gasteiger partial charge is 0.497 e. The number of sulfonamides is 1. The number of nitrogens with zero attached hydrogens (tertiary/aromatic N) is 3. The number of rotatable bonds is 8. The molecule has 0 aliphatic rings. The fourth-order valence-electron chi connectivity index (χ4n) is 2.93. The van der Waals surface area contributed by atoms with Gasteiger partial charge in [0.1, 0.15) is 11.5 Å². The van der Waals surface area contributed by atoms with E-state index in [1.165, 1.54) is 4.31 Å². The molecule has 160 valence electrons. The Bertz CT molecular complexity index is 1060. The number of halogens is 1. The van der Waals surface area contributed by atoms with E-state index in [0.29, 0.717) is 3.57 Å². The number of ether oxygens (including phenoxy) is 2. The van der Waals surface area contributed by atoms with Gasteiger partial charge < -0.3 is 9.47 Å². The van der Waals surface area contributed by atoms with Gasteiger partial charge in [0.25, 0.3) is 10.0 Å². The van der Waals surface area contributed by atoms with Crippen molar-refractivity contribution in [2.24, 2.45) is 7.05 Å². The van der Waals surface area contributed by atoms with Gasteiger partial charge in [0, 0.05) is 25.8 Å². The number of aromatic nitrogens is 2. The monoisotopic (exact) mass is 541 g/mol. The van der Waals surface area contributed by atoms with Crippen molar-refractivity contribution in [3.63, 3.8) is 0 Å². The van der Waals surface area contributed by atoms with Gasteiger partial charge in [0.05, 0.1) is 17.8 Å². The van der Waals surface area contributed by atoms with Crippen molar-refractivity contribution in [2.75, 3.05) is 14.2 Å². The molecule has 30 heavy (non-hydrogen) atoms. The summed E-state index contributed by atoms with van der Waals surface area (Å²) in [5.74, 6) is 1.44. The van der Waals surface area contributed by atoms with Crippen molar-refractivity contribution in [3.8, 4) is 11.5 Å². The van der Waals surface area contributed by atoms with E-state index < -0.39 is 10.0 Å². The number of hydrogen-bond acceptors (Lipinski definition) is 5. The van der Waals surface area contributed by atoms with Crippen LogP contribution in [0.5, 0.6) is 11.5 Å². The Kier molecular flexibility index (Phi) is 7.04. The fourth-order valence-corrected chi connectivity index (χ4v) is 5.71. The van der Waals surface area contributed by atoms with Gasteiger partial charge >= 0.3 is 0 Å². The zero-order valence-corrected chi connectivity index (χ0v) is 20.3. The Hall–Kier alpha value is -2.11. The summed E-state index contributed by atoms with van der Waals surface area (Å²) in [5, 5.41) is 4.35. The molecule has 0 spiro atoms. The van der Waals surface area contributed by atoms with Crippen LogP contribution in [0, 0.1) is 10.5 Å². The van der Waals surface area contributed by atoms with E-state index in [9.17, 15) is 8.42 Å². The summed E-state index contributed by atoms with van der Waals surface area (Å²) < 4.78 is 41.2. The quantitative estimate of drug-likeness (QED) is 0.407. The maximum Gasteiger partial charge on any atom is 0.264 e. The van der Waals surface area contributed by atoms with Gasteiger partial charge in [0.15, 0.2) is 0 Å². The van der Waals surface area contributed by atoms with Gasteiger partial charge in [0.2, 0.25) is 5.03 Å². The second-order valence-corrected chi connectivity index (χ2v) is 9.73. The van der Waals surface area contributed by atoms with Crippen LogP contribution in [0.25, 0.3) is 0 Å². The Balaban J connectivity index is 1.99. The van der Waals surface area contributed by atoms with Crippen LogP contribution in [0.4, 0.5) is 0 Å². The topological polar surface area (TPSA) is 73.7 Å². The molecule has 0 fully saturated rings. The summed E-state index contributed by atoms with van der Waals surface area (Å²) >= 11 is 2.04. The lowest BCUT2D eigenvalue weighted by Gasteiger charge is -2.22. The van der Waals surface area contributed by atoms with Crippen molar-refractivity contribution >= 4 is 32.6 Å². The van der Waals surface area contributed by atoms with E-state index in [1.54, 1.807) is 25.9 Å². The molecule has 0 amide bonds. The molecule has 0 saturated carbocycles. The molecule has 0 aliphatic heterocycles. The van der Waals surface area contributed by atoms with Gasteiger partial charge in [-0.2, -0.15) is 9.40 Å². The molecule has 2 aromatic carbocycles. The smallest absolute Gasteiger partial charge is 0.264 e. The van der Waals surface area contributed by atoms with Crippen LogP contribution >= 0.6 is 22.6 Å². The Labute approximate surface area is 190 Å². The zero-order chi connectivity index (χ0) is 21.9. The summed E-state index contributed by atoms with van der Waals surface area (Å²) in [7, 11) is 1.11. The fraction of sp³-hybridized carbons (Fsp3) is 0.286. The van der Waals surface area contributed by atoms with Gasteiger partial charge in [-0.05, 0) is 64.9 Å². The molecule has 9 heteroatoms. The van der Waals surface area contributed by atoms with Gasteiger partial charge in [-0.3, -0.25) is 4.68 Å². The molecule has 0 radical (unpaired) electrons. The van der Waals surface area contributed by atoms with Crippen LogP contribution in [0.15, 0.2) is 53.6 Å². The highest BCUT2D eigenvalue weighted by atomic mass is 127. The van der Waals surface area contributed by atoms with Crippen molar-refractivity contribution in [1.82, 2.24) is 14.1 Å². The molecule has 1 heterocycles. The zero-order valence-electron chi connectivity index (χ0n) is 17.3. The Morgan fingerprint density at radius 1 is 0.933 bits per heavy atom. The van der Waals surface area contributed by atoms with E-state index in [2.05, 4.69) is 5.10 Å². The first-order valence-electron chi connectivity index (χ1n) is 9.21. The van der Waals surface area contributed by atoms with Crippen LogP contribution in [0.2, 0.25) is 0 Å². The third-order valence-corrected chi connectivity index (χ3v) is 8.22. The first-order valence-corrected chi connectivity index (χ1v) is 11.7. The second-order valence-electron chi connectivity index (χ2n) is 6.80. The average Bonchev–Trinajstić information content (AvgIpc) is 3.02. The van der Waals surface area contributed by atoms with Crippen LogP contribution in [0.1, 0.15) is 16.8 Å². The lowest BCUT2D eigenvalue weighted by Crippen LogP contribution is -2.31.